The van der Waals surface area contributed by atoms with Gasteiger partial charge in [-0.15, -0.1) is 0 Å². The lowest BCUT2D eigenvalue weighted by atomic mass is 9.73. The molecule has 0 unspecified atom stereocenters. The van der Waals surface area contributed by atoms with Crippen LogP contribution >= 0.6 is 11.6 Å². The van der Waals surface area contributed by atoms with Gasteiger partial charge in [0.25, 0.3) is 0 Å². The van der Waals surface area contributed by atoms with Crippen molar-refractivity contribution in [2.24, 2.45) is 11.8 Å². The van der Waals surface area contributed by atoms with Gasteiger partial charge >= 0.3 is 0 Å². The summed E-state index contributed by atoms with van der Waals surface area (Å²) in [6.07, 6.45) is 4.46. The highest BCUT2D eigenvalue weighted by atomic mass is 35.5. The molecule has 0 radical (unpaired) electrons. The van der Waals surface area contributed by atoms with Gasteiger partial charge < -0.3 is 10.4 Å². The van der Waals surface area contributed by atoms with Crippen molar-refractivity contribution < 1.29 is 5.11 Å². The van der Waals surface area contributed by atoms with Crippen molar-refractivity contribution in [1.29, 1.82) is 0 Å². The lowest BCUT2D eigenvalue weighted by molar-refractivity contribution is 0.136. The van der Waals surface area contributed by atoms with Crippen LogP contribution in [-0.2, 0) is 0 Å². The van der Waals surface area contributed by atoms with Crippen molar-refractivity contribution in [3.63, 3.8) is 0 Å². The molecule has 0 aliphatic heterocycles. The summed E-state index contributed by atoms with van der Waals surface area (Å²) in [6.45, 7) is 4.78. The minimum absolute atomic E-state index is 0.154. The number of benzene rings is 1. The molecule has 106 valence electrons. The summed E-state index contributed by atoms with van der Waals surface area (Å²) in [5.41, 5.74) is 0.889. The molecule has 3 heteroatoms. The van der Waals surface area contributed by atoms with Gasteiger partial charge in [0.15, 0.2) is 0 Å². The molecule has 0 spiro atoms. The maximum atomic E-state index is 9.79. The average Bonchev–Trinajstić information content (AvgIpc) is 2.42. The first-order valence-electron chi connectivity index (χ1n) is 7.19. The Labute approximate surface area is 121 Å². The zero-order valence-electron chi connectivity index (χ0n) is 11.8. The highest BCUT2D eigenvalue weighted by Gasteiger charge is 2.35. The van der Waals surface area contributed by atoms with Gasteiger partial charge in [0.2, 0.25) is 0 Å². The first-order valence-corrected chi connectivity index (χ1v) is 7.57. The van der Waals surface area contributed by atoms with E-state index in [0.29, 0.717) is 0 Å². The third-order valence-electron chi connectivity index (χ3n) is 4.49. The number of hydrogen-bond acceptors (Lipinski definition) is 2. The van der Waals surface area contributed by atoms with Gasteiger partial charge in [-0.05, 0) is 61.8 Å². The molecule has 0 aromatic heterocycles. The van der Waals surface area contributed by atoms with Gasteiger partial charge in [-0.2, -0.15) is 0 Å². The maximum Gasteiger partial charge on any atom is 0.0661 e. The normalized spacial score (nSPS) is 27.5. The van der Waals surface area contributed by atoms with E-state index in [1.807, 2.05) is 24.3 Å². The molecule has 0 atom stereocenters. The zero-order chi connectivity index (χ0) is 13.9. The molecule has 1 aliphatic carbocycles. The van der Waals surface area contributed by atoms with Crippen molar-refractivity contribution in [1.82, 2.24) is 0 Å². The van der Waals surface area contributed by atoms with Gasteiger partial charge in [-0.1, -0.05) is 25.4 Å². The molecule has 1 fully saturated rings. The van der Waals surface area contributed by atoms with Crippen LogP contribution in [0.15, 0.2) is 24.3 Å². The smallest absolute Gasteiger partial charge is 0.0661 e. The average molecular weight is 282 g/mol. The van der Waals surface area contributed by atoms with Gasteiger partial charge in [0.1, 0.15) is 0 Å². The summed E-state index contributed by atoms with van der Waals surface area (Å²) >= 11 is 5.90. The van der Waals surface area contributed by atoms with Crippen LogP contribution in [0.3, 0.4) is 0 Å². The lowest BCUT2D eigenvalue weighted by Gasteiger charge is -2.41. The zero-order valence-corrected chi connectivity index (χ0v) is 12.6. The second-order valence-electron chi connectivity index (χ2n) is 6.15. The van der Waals surface area contributed by atoms with E-state index in [1.165, 1.54) is 12.8 Å². The number of hydrogen-bond donors (Lipinski definition) is 2. The molecule has 2 nitrogen and oxygen atoms in total. The Bertz CT molecular complexity index is 394. The Morgan fingerprint density at radius 2 is 1.84 bits per heavy atom. The van der Waals surface area contributed by atoms with Crippen LogP contribution < -0.4 is 5.32 Å². The predicted molar refractivity (Wildman–Crippen MR) is 81.7 cm³/mol. The van der Waals surface area contributed by atoms with Gasteiger partial charge in [0.05, 0.1) is 12.1 Å². The highest BCUT2D eigenvalue weighted by molar-refractivity contribution is 6.30. The van der Waals surface area contributed by atoms with E-state index in [1.54, 1.807) is 0 Å². The lowest BCUT2D eigenvalue weighted by Crippen LogP contribution is -2.45. The van der Waals surface area contributed by atoms with Gasteiger partial charge in [0, 0.05) is 10.7 Å². The quantitative estimate of drug-likeness (QED) is 0.861. The molecule has 1 saturated carbocycles. The van der Waals surface area contributed by atoms with Crippen LogP contribution in [0.5, 0.6) is 0 Å². The minimum Gasteiger partial charge on any atom is -0.394 e. The third kappa shape index (κ3) is 3.64. The van der Waals surface area contributed by atoms with E-state index in [4.69, 9.17) is 11.6 Å². The number of rotatable bonds is 4. The summed E-state index contributed by atoms with van der Waals surface area (Å²) in [7, 11) is 0. The van der Waals surface area contributed by atoms with E-state index in [0.717, 1.165) is 35.4 Å². The topological polar surface area (TPSA) is 32.3 Å². The van der Waals surface area contributed by atoms with Crippen LogP contribution in [0.2, 0.25) is 5.02 Å². The Morgan fingerprint density at radius 1 is 1.26 bits per heavy atom. The third-order valence-corrected chi connectivity index (χ3v) is 4.74. The summed E-state index contributed by atoms with van der Waals surface area (Å²) in [5, 5.41) is 14.1. The van der Waals surface area contributed by atoms with Crippen molar-refractivity contribution in [2.45, 2.75) is 45.1 Å². The Morgan fingerprint density at radius 3 is 2.32 bits per heavy atom. The molecular weight excluding hydrogens is 258 g/mol. The molecule has 0 saturated heterocycles. The largest absolute Gasteiger partial charge is 0.394 e. The molecule has 0 heterocycles. The van der Waals surface area contributed by atoms with E-state index in [-0.39, 0.29) is 12.1 Å². The second-order valence-corrected chi connectivity index (χ2v) is 6.59. The van der Waals surface area contributed by atoms with Crippen molar-refractivity contribution >= 4 is 17.3 Å². The Hall–Kier alpha value is -0.730. The predicted octanol–water partition coefficient (Wildman–Crippen LogP) is 4.33. The number of nitrogens with one attached hydrogen (secondary N) is 1. The Balaban J connectivity index is 2.02. The van der Waals surface area contributed by atoms with Crippen LogP contribution in [0.25, 0.3) is 0 Å². The SMILES string of the molecule is CC(C)C1CCC(CO)(Nc2ccc(Cl)cc2)CC1. The molecular formula is C16H24ClNO. The van der Waals surface area contributed by atoms with Crippen molar-refractivity contribution in [2.75, 3.05) is 11.9 Å². The molecule has 0 bridgehead atoms. The number of aliphatic hydroxyl groups is 1. The van der Waals surface area contributed by atoms with Crippen molar-refractivity contribution in [3.8, 4) is 0 Å². The van der Waals surface area contributed by atoms with E-state index in [9.17, 15) is 5.11 Å². The van der Waals surface area contributed by atoms with Crippen molar-refractivity contribution in [3.05, 3.63) is 29.3 Å². The molecule has 0 amide bonds. The molecule has 1 aromatic rings. The summed E-state index contributed by atoms with van der Waals surface area (Å²) in [6, 6.07) is 7.73. The fourth-order valence-electron chi connectivity index (χ4n) is 3.02. The number of aliphatic hydroxyl groups excluding tert-OH is 1. The second kappa shape index (κ2) is 6.15. The van der Waals surface area contributed by atoms with E-state index >= 15 is 0 Å². The number of halogens is 1. The number of anilines is 1. The van der Waals surface area contributed by atoms with E-state index < -0.39 is 0 Å². The van der Waals surface area contributed by atoms with Crippen LogP contribution in [0.4, 0.5) is 5.69 Å². The maximum absolute atomic E-state index is 9.79. The minimum atomic E-state index is -0.154. The fourth-order valence-corrected chi connectivity index (χ4v) is 3.15. The van der Waals surface area contributed by atoms with Crippen LogP contribution in [-0.4, -0.2) is 17.3 Å². The molecule has 1 aliphatic rings. The monoisotopic (exact) mass is 281 g/mol. The first kappa shape index (κ1) is 14.7. The highest BCUT2D eigenvalue weighted by Crippen LogP contribution is 2.37. The van der Waals surface area contributed by atoms with E-state index in [2.05, 4.69) is 19.2 Å². The summed E-state index contributed by atoms with van der Waals surface area (Å²) in [4.78, 5) is 0. The summed E-state index contributed by atoms with van der Waals surface area (Å²) < 4.78 is 0. The van der Waals surface area contributed by atoms with Crippen LogP contribution in [0, 0.1) is 11.8 Å². The van der Waals surface area contributed by atoms with Gasteiger partial charge in [-0.3, -0.25) is 0 Å². The molecule has 19 heavy (non-hydrogen) atoms. The molecule has 2 rings (SSSR count). The summed E-state index contributed by atoms with van der Waals surface area (Å²) in [5.74, 6) is 1.54. The molecule has 1 aromatic carbocycles. The first-order chi connectivity index (χ1) is 9.04. The molecule has 2 N–H and O–H groups in total. The fraction of sp³-hybridized carbons (Fsp3) is 0.625. The van der Waals surface area contributed by atoms with Gasteiger partial charge in [-0.25, -0.2) is 0 Å². The standard InChI is InChI=1S/C16H24ClNO/c1-12(2)13-7-9-16(11-19,10-8-13)18-15-5-3-14(17)4-6-15/h3-6,12-13,18-19H,7-11H2,1-2H3. The Kier molecular flexibility index (Phi) is 4.75. The van der Waals surface area contributed by atoms with Crippen LogP contribution in [0.1, 0.15) is 39.5 Å².